The highest BCUT2D eigenvalue weighted by atomic mass is 35.5. The van der Waals surface area contributed by atoms with Crippen molar-refractivity contribution in [3.8, 4) is 5.75 Å². The monoisotopic (exact) mass is 421 g/mol. The van der Waals surface area contributed by atoms with Crippen molar-refractivity contribution in [3.63, 3.8) is 0 Å². The number of hydrogen-bond acceptors (Lipinski definition) is 4. The Morgan fingerprint density at radius 3 is 2.38 bits per heavy atom. The van der Waals surface area contributed by atoms with Crippen LogP contribution in [0, 0.1) is 0 Å². The number of ether oxygens (including phenoxy) is 1. The average Bonchev–Trinajstić information content (AvgIpc) is 3.20. The Morgan fingerprint density at radius 1 is 1.10 bits per heavy atom. The fourth-order valence-electron chi connectivity index (χ4n) is 4.37. The first-order chi connectivity index (χ1) is 13.9. The first-order valence-corrected chi connectivity index (χ1v) is 11.1. The molecular weight excluding hydrogens is 390 g/mol. The van der Waals surface area contributed by atoms with Crippen molar-refractivity contribution in [2.45, 2.75) is 52.2 Å². The molecule has 160 valence electrons. The lowest BCUT2D eigenvalue weighted by atomic mass is 10.1. The number of benzene rings is 1. The molecule has 0 aromatic heterocycles. The third kappa shape index (κ3) is 5.23. The van der Waals surface area contributed by atoms with Gasteiger partial charge < -0.3 is 14.5 Å². The van der Waals surface area contributed by atoms with Crippen molar-refractivity contribution in [2.24, 2.45) is 0 Å². The minimum Gasteiger partial charge on any atom is -0.489 e. The van der Waals surface area contributed by atoms with Gasteiger partial charge in [0, 0.05) is 57.0 Å². The van der Waals surface area contributed by atoms with E-state index in [0.29, 0.717) is 35.5 Å². The van der Waals surface area contributed by atoms with Crippen LogP contribution in [0.4, 0.5) is 0 Å². The van der Waals surface area contributed by atoms with Gasteiger partial charge in [-0.3, -0.25) is 14.5 Å². The van der Waals surface area contributed by atoms with Gasteiger partial charge in [-0.2, -0.15) is 0 Å². The van der Waals surface area contributed by atoms with Crippen LogP contribution in [-0.2, 0) is 4.79 Å². The number of nitrogens with zero attached hydrogens (tertiary/aromatic N) is 3. The second-order valence-corrected chi connectivity index (χ2v) is 8.32. The molecule has 2 amide bonds. The third-order valence-electron chi connectivity index (χ3n) is 6.13. The summed E-state index contributed by atoms with van der Waals surface area (Å²) in [5, 5.41) is 0.534. The van der Waals surface area contributed by atoms with E-state index in [1.165, 1.54) is 0 Å². The maximum absolute atomic E-state index is 13.3. The first kappa shape index (κ1) is 21.9. The zero-order chi connectivity index (χ0) is 21.0. The van der Waals surface area contributed by atoms with E-state index in [0.717, 1.165) is 45.4 Å². The largest absolute Gasteiger partial charge is 0.489 e. The third-order valence-corrected chi connectivity index (χ3v) is 6.37. The van der Waals surface area contributed by atoms with Crippen LogP contribution in [0.25, 0.3) is 0 Å². The summed E-state index contributed by atoms with van der Waals surface area (Å²) < 4.78 is 6.21. The average molecular weight is 422 g/mol. The minimum absolute atomic E-state index is 0.000302. The molecule has 2 heterocycles. The van der Waals surface area contributed by atoms with Gasteiger partial charge in [0.25, 0.3) is 5.91 Å². The molecule has 0 spiro atoms. The predicted molar refractivity (Wildman–Crippen MR) is 115 cm³/mol. The van der Waals surface area contributed by atoms with Gasteiger partial charge in [-0.05, 0) is 37.7 Å². The molecule has 2 saturated heterocycles. The van der Waals surface area contributed by atoms with Crippen LogP contribution in [0.2, 0.25) is 5.02 Å². The summed E-state index contributed by atoms with van der Waals surface area (Å²) in [7, 11) is 0. The molecule has 1 atom stereocenters. The molecule has 7 heteroatoms. The normalized spacial score (nSPS) is 20.4. The molecular formula is C22H32ClN3O3. The van der Waals surface area contributed by atoms with Crippen molar-refractivity contribution >= 4 is 23.4 Å². The van der Waals surface area contributed by atoms with Gasteiger partial charge in [-0.1, -0.05) is 25.4 Å². The van der Waals surface area contributed by atoms with E-state index < -0.39 is 0 Å². The van der Waals surface area contributed by atoms with Crippen molar-refractivity contribution in [1.29, 1.82) is 0 Å². The molecule has 29 heavy (non-hydrogen) atoms. The molecule has 6 nitrogen and oxygen atoms in total. The fourth-order valence-corrected chi connectivity index (χ4v) is 4.55. The molecule has 2 fully saturated rings. The summed E-state index contributed by atoms with van der Waals surface area (Å²) in [6.07, 6.45) is 2.53. The summed E-state index contributed by atoms with van der Waals surface area (Å²) in [5.41, 5.74) is 0.534. The van der Waals surface area contributed by atoms with E-state index in [1.54, 1.807) is 25.1 Å². The Balaban J connectivity index is 1.69. The van der Waals surface area contributed by atoms with Gasteiger partial charge in [-0.25, -0.2) is 0 Å². The van der Waals surface area contributed by atoms with Crippen LogP contribution < -0.4 is 4.74 Å². The zero-order valence-electron chi connectivity index (χ0n) is 17.7. The molecule has 0 N–H and O–H groups in total. The van der Waals surface area contributed by atoms with Crippen LogP contribution in [0.5, 0.6) is 5.75 Å². The maximum Gasteiger partial charge on any atom is 0.257 e. The molecule has 0 saturated carbocycles. The Kier molecular flexibility index (Phi) is 7.41. The number of rotatable bonds is 6. The first-order valence-electron chi connectivity index (χ1n) is 10.7. The lowest BCUT2D eigenvalue weighted by Crippen LogP contribution is -2.41. The number of carbonyl (C=O) groups is 2. The van der Waals surface area contributed by atoms with E-state index in [1.807, 2.05) is 9.80 Å². The standard InChI is InChI=1S/C22H32ClN3O3/c1-4-24(5-2)18-8-11-26(15-18)22(28)20-14-17(23)6-7-21(20)29-19-9-12-25(13-10-19)16(3)27/h6-7,14,18-19H,4-5,8-13,15H2,1-3H3/t18-/m0/s1. The number of halogens is 1. The number of amides is 2. The highest BCUT2D eigenvalue weighted by Crippen LogP contribution is 2.29. The van der Waals surface area contributed by atoms with Crippen molar-refractivity contribution < 1.29 is 14.3 Å². The van der Waals surface area contributed by atoms with Gasteiger partial charge in [0.15, 0.2) is 0 Å². The summed E-state index contributed by atoms with van der Waals surface area (Å²) in [4.78, 5) is 31.0. The predicted octanol–water partition coefficient (Wildman–Crippen LogP) is 3.29. The lowest BCUT2D eigenvalue weighted by molar-refractivity contribution is -0.130. The van der Waals surface area contributed by atoms with Crippen molar-refractivity contribution in [2.75, 3.05) is 39.3 Å². The van der Waals surface area contributed by atoms with Crippen LogP contribution in [-0.4, -0.2) is 77.9 Å². The van der Waals surface area contributed by atoms with Crippen LogP contribution in [0.1, 0.15) is 50.4 Å². The second-order valence-electron chi connectivity index (χ2n) is 7.88. The molecule has 1 aromatic rings. The summed E-state index contributed by atoms with van der Waals surface area (Å²) in [5.74, 6) is 0.674. The molecule has 0 radical (unpaired) electrons. The van der Waals surface area contributed by atoms with E-state index in [2.05, 4.69) is 18.7 Å². The summed E-state index contributed by atoms with van der Waals surface area (Å²) in [6.45, 7) is 10.8. The van der Waals surface area contributed by atoms with Crippen LogP contribution in [0.3, 0.4) is 0 Å². The fraction of sp³-hybridized carbons (Fsp3) is 0.636. The quantitative estimate of drug-likeness (QED) is 0.707. The topological polar surface area (TPSA) is 53.1 Å². The van der Waals surface area contributed by atoms with Gasteiger partial charge in [0.05, 0.1) is 5.56 Å². The maximum atomic E-state index is 13.3. The molecule has 3 rings (SSSR count). The number of likely N-dealkylation sites (tertiary alicyclic amines) is 2. The Bertz CT molecular complexity index is 730. The van der Waals surface area contributed by atoms with Crippen molar-refractivity contribution in [1.82, 2.24) is 14.7 Å². The molecule has 0 unspecified atom stereocenters. The summed E-state index contributed by atoms with van der Waals surface area (Å²) >= 11 is 6.21. The SMILES string of the molecule is CCN(CC)[C@H]1CCN(C(=O)c2cc(Cl)ccc2OC2CCN(C(C)=O)CC2)C1. The van der Waals surface area contributed by atoms with Crippen molar-refractivity contribution in [3.05, 3.63) is 28.8 Å². The smallest absolute Gasteiger partial charge is 0.257 e. The summed E-state index contributed by atoms with van der Waals surface area (Å²) in [6, 6.07) is 5.69. The minimum atomic E-state index is -0.0154. The van der Waals surface area contributed by atoms with E-state index in [9.17, 15) is 9.59 Å². The molecule has 1 aromatic carbocycles. The Labute approximate surface area is 178 Å². The number of carbonyl (C=O) groups excluding carboxylic acids is 2. The van der Waals surface area contributed by atoms with Gasteiger partial charge in [0.1, 0.15) is 11.9 Å². The molecule has 0 aliphatic carbocycles. The van der Waals surface area contributed by atoms with Gasteiger partial charge in [-0.15, -0.1) is 0 Å². The number of likely N-dealkylation sites (N-methyl/N-ethyl adjacent to an activating group) is 1. The van der Waals surface area contributed by atoms with E-state index >= 15 is 0 Å². The van der Waals surface area contributed by atoms with Crippen LogP contribution in [0.15, 0.2) is 18.2 Å². The Morgan fingerprint density at radius 2 is 1.76 bits per heavy atom. The highest BCUT2D eigenvalue weighted by molar-refractivity contribution is 6.31. The van der Waals surface area contributed by atoms with Gasteiger partial charge in [0.2, 0.25) is 5.91 Å². The zero-order valence-corrected chi connectivity index (χ0v) is 18.5. The lowest BCUT2D eigenvalue weighted by Gasteiger charge is -2.32. The van der Waals surface area contributed by atoms with E-state index in [-0.39, 0.29) is 17.9 Å². The highest BCUT2D eigenvalue weighted by Gasteiger charge is 2.31. The molecule has 2 aliphatic rings. The van der Waals surface area contributed by atoms with E-state index in [4.69, 9.17) is 16.3 Å². The molecule has 2 aliphatic heterocycles. The second kappa shape index (κ2) is 9.81. The Hall–Kier alpha value is -1.79. The number of piperidine rings is 1. The van der Waals surface area contributed by atoms with Gasteiger partial charge >= 0.3 is 0 Å². The number of hydrogen-bond donors (Lipinski definition) is 0. The van der Waals surface area contributed by atoms with Crippen LogP contribution >= 0.6 is 11.6 Å². The molecule has 0 bridgehead atoms.